The Morgan fingerprint density at radius 3 is 2.60 bits per heavy atom. The topological polar surface area (TPSA) is 92.2 Å². The zero-order valence-corrected chi connectivity index (χ0v) is 16.3. The molecule has 2 aromatic carbocycles. The summed E-state index contributed by atoms with van der Waals surface area (Å²) < 4.78 is 28.4. The minimum Gasteiger partial charge on any atom is -0.478 e. The first-order valence-corrected chi connectivity index (χ1v) is 9.57. The highest BCUT2D eigenvalue weighted by Crippen LogP contribution is 2.38. The molecular formula is C21H13F2N3O3S. The summed E-state index contributed by atoms with van der Waals surface area (Å²) in [5, 5.41) is 14.2. The van der Waals surface area contributed by atoms with Crippen molar-refractivity contribution >= 4 is 39.1 Å². The summed E-state index contributed by atoms with van der Waals surface area (Å²) in [6, 6.07) is 9.75. The van der Waals surface area contributed by atoms with Crippen molar-refractivity contribution in [1.29, 1.82) is 0 Å². The SMILES string of the molecule is Cc1ccc(-c2csc(NC(=O)c3ncc4ccccc4n3)c2C(=O)O)c(F)c1F. The number of carboxylic acids is 1. The first kappa shape index (κ1) is 19.6. The van der Waals surface area contributed by atoms with Gasteiger partial charge in [-0.3, -0.25) is 4.79 Å². The number of nitrogens with one attached hydrogen (secondary N) is 1. The maximum atomic E-state index is 14.4. The van der Waals surface area contributed by atoms with Gasteiger partial charge in [0.25, 0.3) is 5.91 Å². The van der Waals surface area contributed by atoms with Crippen molar-refractivity contribution in [2.45, 2.75) is 6.92 Å². The number of aryl methyl sites for hydroxylation is 1. The number of halogens is 2. The second kappa shape index (κ2) is 7.60. The first-order chi connectivity index (χ1) is 14.4. The van der Waals surface area contributed by atoms with Crippen molar-refractivity contribution in [2.75, 3.05) is 5.32 Å². The van der Waals surface area contributed by atoms with E-state index in [2.05, 4.69) is 15.3 Å². The summed E-state index contributed by atoms with van der Waals surface area (Å²) in [6.07, 6.45) is 1.49. The monoisotopic (exact) mass is 425 g/mol. The van der Waals surface area contributed by atoms with Gasteiger partial charge < -0.3 is 10.4 Å². The average molecular weight is 425 g/mol. The molecule has 0 saturated heterocycles. The smallest absolute Gasteiger partial charge is 0.339 e. The van der Waals surface area contributed by atoms with Gasteiger partial charge in [-0.2, -0.15) is 0 Å². The van der Waals surface area contributed by atoms with E-state index >= 15 is 0 Å². The van der Waals surface area contributed by atoms with E-state index in [0.29, 0.717) is 5.52 Å². The molecule has 0 aliphatic heterocycles. The van der Waals surface area contributed by atoms with Gasteiger partial charge in [-0.1, -0.05) is 30.3 Å². The molecule has 0 unspecified atom stereocenters. The maximum absolute atomic E-state index is 14.4. The van der Waals surface area contributed by atoms with Crippen LogP contribution in [0.1, 0.15) is 26.5 Å². The Morgan fingerprint density at radius 2 is 1.83 bits per heavy atom. The van der Waals surface area contributed by atoms with Gasteiger partial charge in [0.05, 0.1) is 5.52 Å². The van der Waals surface area contributed by atoms with Gasteiger partial charge in [-0.25, -0.2) is 23.5 Å². The Morgan fingerprint density at radius 1 is 1.07 bits per heavy atom. The molecule has 1 amide bonds. The van der Waals surface area contributed by atoms with E-state index in [1.807, 2.05) is 6.07 Å². The van der Waals surface area contributed by atoms with Crippen LogP contribution in [0, 0.1) is 18.6 Å². The summed E-state index contributed by atoms with van der Waals surface area (Å²) in [5.74, 6) is -4.45. The summed E-state index contributed by atoms with van der Waals surface area (Å²) >= 11 is 0.887. The molecule has 0 radical (unpaired) electrons. The molecule has 4 rings (SSSR count). The molecule has 0 saturated carbocycles. The molecule has 9 heteroatoms. The number of carbonyl (C=O) groups excluding carboxylic acids is 1. The van der Waals surface area contributed by atoms with Gasteiger partial charge in [0.2, 0.25) is 5.82 Å². The number of para-hydroxylation sites is 1. The molecule has 30 heavy (non-hydrogen) atoms. The molecule has 4 aromatic rings. The van der Waals surface area contributed by atoms with E-state index in [-0.39, 0.29) is 33.1 Å². The number of aromatic carboxylic acids is 1. The fourth-order valence-electron chi connectivity index (χ4n) is 2.96. The highest BCUT2D eigenvalue weighted by atomic mass is 32.1. The molecule has 0 fully saturated rings. The second-order valence-corrected chi connectivity index (χ2v) is 7.30. The largest absolute Gasteiger partial charge is 0.478 e. The third kappa shape index (κ3) is 3.39. The van der Waals surface area contributed by atoms with Crippen molar-refractivity contribution in [3.05, 3.63) is 76.6 Å². The van der Waals surface area contributed by atoms with Crippen LogP contribution in [0.15, 0.2) is 48.0 Å². The first-order valence-electron chi connectivity index (χ1n) is 8.69. The molecule has 0 bridgehead atoms. The lowest BCUT2D eigenvalue weighted by molar-refractivity contribution is 0.0699. The number of hydrogen-bond donors (Lipinski definition) is 2. The number of hydrogen-bond acceptors (Lipinski definition) is 5. The molecule has 2 N–H and O–H groups in total. The van der Waals surface area contributed by atoms with Gasteiger partial charge in [0, 0.05) is 28.1 Å². The normalized spacial score (nSPS) is 10.9. The van der Waals surface area contributed by atoms with Crippen LogP contribution in [-0.4, -0.2) is 27.0 Å². The van der Waals surface area contributed by atoms with E-state index in [9.17, 15) is 23.5 Å². The summed E-state index contributed by atoms with van der Waals surface area (Å²) in [6.45, 7) is 1.41. The third-order valence-corrected chi connectivity index (χ3v) is 5.39. The van der Waals surface area contributed by atoms with Crippen LogP contribution in [0.5, 0.6) is 0 Å². The van der Waals surface area contributed by atoms with Crippen molar-refractivity contribution in [3.8, 4) is 11.1 Å². The Labute approximate surface area is 172 Å². The third-order valence-electron chi connectivity index (χ3n) is 4.49. The lowest BCUT2D eigenvalue weighted by atomic mass is 10.0. The molecule has 0 aliphatic rings. The maximum Gasteiger partial charge on any atom is 0.339 e. The average Bonchev–Trinajstić information content (AvgIpc) is 3.15. The van der Waals surface area contributed by atoms with Crippen LogP contribution in [0.2, 0.25) is 0 Å². The van der Waals surface area contributed by atoms with Crippen LogP contribution < -0.4 is 5.32 Å². The number of carbonyl (C=O) groups is 2. The number of nitrogens with zero attached hydrogens (tertiary/aromatic N) is 2. The van der Waals surface area contributed by atoms with E-state index < -0.39 is 23.5 Å². The molecule has 0 aliphatic carbocycles. The van der Waals surface area contributed by atoms with Gasteiger partial charge >= 0.3 is 5.97 Å². The van der Waals surface area contributed by atoms with Crippen molar-refractivity contribution in [3.63, 3.8) is 0 Å². The van der Waals surface area contributed by atoms with E-state index in [4.69, 9.17) is 0 Å². The Hall–Kier alpha value is -3.72. The molecule has 150 valence electrons. The van der Waals surface area contributed by atoms with Gasteiger partial charge in [-0.15, -0.1) is 11.3 Å². The van der Waals surface area contributed by atoms with Crippen LogP contribution in [0.3, 0.4) is 0 Å². The fourth-order valence-corrected chi connectivity index (χ4v) is 3.90. The van der Waals surface area contributed by atoms with E-state index in [1.54, 1.807) is 18.2 Å². The van der Waals surface area contributed by atoms with Crippen LogP contribution in [0.25, 0.3) is 22.0 Å². The van der Waals surface area contributed by atoms with E-state index in [1.165, 1.54) is 30.6 Å². The molecule has 0 atom stereocenters. The highest BCUT2D eigenvalue weighted by Gasteiger charge is 2.25. The summed E-state index contributed by atoms with van der Waals surface area (Å²) in [5.41, 5.74) is 0.0923. The van der Waals surface area contributed by atoms with E-state index in [0.717, 1.165) is 16.7 Å². The number of carboxylic acid groups (broad SMARTS) is 1. The number of aromatic nitrogens is 2. The van der Waals surface area contributed by atoms with Crippen molar-refractivity contribution in [2.24, 2.45) is 0 Å². The van der Waals surface area contributed by atoms with Crippen LogP contribution in [0.4, 0.5) is 13.8 Å². The molecule has 2 aromatic heterocycles. The minimum atomic E-state index is -1.39. The van der Waals surface area contributed by atoms with Gasteiger partial charge in [0.1, 0.15) is 10.6 Å². The number of benzene rings is 2. The zero-order chi connectivity index (χ0) is 21.4. The standard InChI is InChI=1S/C21H13F2N3O3S/c1-10-6-7-12(17(23)16(10)22)13-9-30-20(15(13)21(28)29)26-19(27)18-24-8-11-4-2-3-5-14(11)25-18/h2-9H,1H3,(H,26,27)(H,28,29). The number of anilines is 1. The van der Waals surface area contributed by atoms with Gasteiger partial charge in [0.15, 0.2) is 11.6 Å². The lowest BCUT2D eigenvalue weighted by Crippen LogP contribution is -2.16. The molecule has 6 nitrogen and oxygen atoms in total. The Kier molecular flexibility index (Phi) is 4.96. The predicted molar refractivity (Wildman–Crippen MR) is 109 cm³/mol. The lowest BCUT2D eigenvalue weighted by Gasteiger charge is -2.08. The minimum absolute atomic E-state index is 0.0281. The fraction of sp³-hybridized carbons (Fsp3) is 0.0476. The molecule has 2 heterocycles. The Bertz CT molecular complexity index is 1320. The number of amides is 1. The quantitative estimate of drug-likeness (QED) is 0.485. The zero-order valence-electron chi connectivity index (χ0n) is 15.4. The van der Waals surface area contributed by atoms with Crippen LogP contribution in [-0.2, 0) is 0 Å². The summed E-state index contributed by atoms with van der Waals surface area (Å²) in [7, 11) is 0. The summed E-state index contributed by atoms with van der Waals surface area (Å²) in [4.78, 5) is 32.6. The molecule has 0 spiro atoms. The highest BCUT2D eigenvalue weighted by molar-refractivity contribution is 7.15. The predicted octanol–water partition coefficient (Wildman–Crippen LogP) is 4.90. The van der Waals surface area contributed by atoms with Crippen molar-refractivity contribution in [1.82, 2.24) is 9.97 Å². The number of thiophene rings is 1. The van der Waals surface area contributed by atoms with Crippen LogP contribution >= 0.6 is 11.3 Å². The Balaban J connectivity index is 1.72. The number of rotatable bonds is 4. The number of fused-ring (bicyclic) bond motifs is 1. The molecular weight excluding hydrogens is 412 g/mol. The van der Waals surface area contributed by atoms with Crippen molar-refractivity contribution < 1.29 is 23.5 Å². The van der Waals surface area contributed by atoms with Gasteiger partial charge in [-0.05, 0) is 18.6 Å². The second-order valence-electron chi connectivity index (χ2n) is 6.42.